The first kappa shape index (κ1) is 17.1. The number of likely N-dealkylation sites (tertiary alicyclic amines) is 1. The number of hydrogen-bond acceptors (Lipinski definition) is 4. The molecule has 0 bridgehead atoms. The Kier molecular flexibility index (Phi) is 5.07. The van der Waals surface area contributed by atoms with E-state index in [9.17, 15) is 9.59 Å². The first-order chi connectivity index (χ1) is 12.1. The minimum atomic E-state index is -0.341. The van der Waals surface area contributed by atoms with Crippen molar-refractivity contribution in [2.24, 2.45) is 7.05 Å². The number of hydrogen-bond donors (Lipinski definition) is 1. The van der Waals surface area contributed by atoms with E-state index in [1.165, 1.54) is 7.11 Å². The largest absolute Gasteiger partial charge is 0.465 e. The van der Waals surface area contributed by atoms with Gasteiger partial charge in [0, 0.05) is 38.1 Å². The number of aromatic nitrogens is 1. The van der Waals surface area contributed by atoms with Gasteiger partial charge in [-0.15, -0.1) is 0 Å². The van der Waals surface area contributed by atoms with Crippen molar-refractivity contribution < 1.29 is 14.3 Å². The number of carbonyl (C=O) groups excluding carboxylic acids is 2. The van der Waals surface area contributed by atoms with Crippen molar-refractivity contribution in [3.8, 4) is 0 Å². The van der Waals surface area contributed by atoms with Crippen LogP contribution in [0.4, 0.5) is 5.69 Å². The van der Waals surface area contributed by atoms with Gasteiger partial charge in [-0.2, -0.15) is 0 Å². The number of benzene rings is 1. The minimum Gasteiger partial charge on any atom is -0.465 e. The minimum absolute atomic E-state index is 0.0821. The van der Waals surface area contributed by atoms with E-state index in [-0.39, 0.29) is 17.9 Å². The summed E-state index contributed by atoms with van der Waals surface area (Å²) in [5.41, 5.74) is 2.15. The molecule has 1 amide bonds. The zero-order valence-electron chi connectivity index (χ0n) is 14.6. The van der Waals surface area contributed by atoms with Crippen molar-refractivity contribution in [1.29, 1.82) is 0 Å². The summed E-state index contributed by atoms with van der Waals surface area (Å²) in [6.07, 6.45) is 3.63. The quantitative estimate of drug-likeness (QED) is 0.868. The first-order valence-corrected chi connectivity index (χ1v) is 8.44. The summed E-state index contributed by atoms with van der Waals surface area (Å²) >= 11 is 0. The number of anilines is 1. The predicted molar refractivity (Wildman–Crippen MR) is 95.7 cm³/mol. The molecule has 0 radical (unpaired) electrons. The normalized spacial score (nSPS) is 15.0. The van der Waals surface area contributed by atoms with Crippen LogP contribution >= 0.6 is 0 Å². The van der Waals surface area contributed by atoms with E-state index in [2.05, 4.69) is 5.32 Å². The Labute approximate surface area is 147 Å². The van der Waals surface area contributed by atoms with Crippen molar-refractivity contribution in [3.63, 3.8) is 0 Å². The van der Waals surface area contributed by atoms with Crippen molar-refractivity contribution >= 4 is 17.6 Å². The molecule has 25 heavy (non-hydrogen) atoms. The lowest BCUT2D eigenvalue weighted by atomic mass is 10.0. The molecule has 0 saturated carbocycles. The fourth-order valence-corrected chi connectivity index (χ4v) is 3.16. The third-order valence-corrected chi connectivity index (χ3v) is 4.60. The molecule has 1 aromatic heterocycles. The van der Waals surface area contributed by atoms with Crippen molar-refractivity contribution in [2.45, 2.75) is 18.9 Å². The molecule has 0 atom stereocenters. The van der Waals surface area contributed by atoms with E-state index in [0.717, 1.165) is 37.3 Å². The van der Waals surface area contributed by atoms with E-state index in [0.29, 0.717) is 5.56 Å². The molecule has 1 aromatic carbocycles. The molecule has 2 aromatic rings. The van der Waals surface area contributed by atoms with Gasteiger partial charge in [0.2, 0.25) is 0 Å². The highest BCUT2D eigenvalue weighted by Crippen LogP contribution is 2.19. The molecule has 1 saturated heterocycles. The zero-order valence-corrected chi connectivity index (χ0v) is 14.6. The lowest BCUT2D eigenvalue weighted by Gasteiger charge is -2.33. The summed E-state index contributed by atoms with van der Waals surface area (Å²) in [6.45, 7) is 1.44. The van der Waals surface area contributed by atoms with Crippen molar-refractivity contribution in [1.82, 2.24) is 9.47 Å². The Morgan fingerprint density at radius 2 is 1.92 bits per heavy atom. The van der Waals surface area contributed by atoms with Gasteiger partial charge in [0.15, 0.2) is 0 Å². The molecule has 3 rings (SSSR count). The lowest BCUT2D eigenvalue weighted by molar-refractivity contribution is 0.0600. The summed E-state index contributed by atoms with van der Waals surface area (Å²) < 4.78 is 6.61. The molecule has 1 aliphatic heterocycles. The average Bonchev–Trinajstić information content (AvgIpc) is 3.07. The number of nitrogens with zero attached hydrogens (tertiary/aromatic N) is 2. The topological polar surface area (TPSA) is 63.6 Å². The highest BCUT2D eigenvalue weighted by Gasteiger charge is 2.24. The predicted octanol–water partition coefficient (Wildman–Crippen LogP) is 2.53. The second-order valence-electron chi connectivity index (χ2n) is 6.29. The number of rotatable bonds is 4. The number of aryl methyl sites for hydroxylation is 1. The van der Waals surface area contributed by atoms with E-state index >= 15 is 0 Å². The summed E-state index contributed by atoms with van der Waals surface area (Å²) in [5.74, 6) is -0.259. The number of carbonyl (C=O) groups is 2. The number of ether oxygens (including phenoxy) is 1. The fourth-order valence-electron chi connectivity index (χ4n) is 3.16. The van der Waals surface area contributed by atoms with Gasteiger partial charge in [0.1, 0.15) is 5.69 Å². The Morgan fingerprint density at radius 1 is 1.16 bits per heavy atom. The monoisotopic (exact) mass is 341 g/mol. The molecule has 1 fully saturated rings. The maximum Gasteiger partial charge on any atom is 0.337 e. The van der Waals surface area contributed by atoms with E-state index < -0.39 is 0 Å². The number of methoxy groups -OCH3 is 1. The molecule has 6 nitrogen and oxygen atoms in total. The molecule has 0 unspecified atom stereocenters. The van der Waals surface area contributed by atoms with Crippen LogP contribution in [0.25, 0.3) is 0 Å². The molecular formula is C19H23N3O3. The SMILES string of the molecule is COC(=O)c1cccc(NC2CCN(C(=O)c3cccn3C)CC2)c1. The highest BCUT2D eigenvalue weighted by molar-refractivity contribution is 5.93. The molecular weight excluding hydrogens is 318 g/mol. The fraction of sp³-hybridized carbons (Fsp3) is 0.368. The number of amides is 1. The Bertz CT molecular complexity index is 761. The average molecular weight is 341 g/mol. The number of piperidine rings is 1. The lowest BCUT2D eigenvalue weighted by Crippen LogP contribution is -2.42. The van der Waals surface area contributed by atoms with Crippen LogP contribution in [-0.4, -0.2) is 47.6 Å². The van der Waals surface area contributed by atoms with Crippen molar-refractivity contribution in [3.05, 3.63) is 53.9 Å². The highest BCUT2D eigenvalue weighted by atomic mass is 16.5. The van der Waals surface area contributed by atoms with Crippen LogP contribution in [0.1, 0.15) is 33.7 Å². The van der Waals surface area contributed by atoms with E-state index in [1.54, 1.807) is 12.1 Å². The van der Waals surface area contributed by atoms with Crippen LogP contribution in [0, 0.1) is 0 Å². The first-order valence-electron chi connectivity index (χ1n) is 8.44. The van der Waals surface area contributed by atoms with Gasteiger partial charge in [-0.1, -0.05) is 6.07 Å². The second-order valence-corrected chi connectivity index (χ2v) is 6.29. The van der Waals surface area contributed by atoms with E-state index in [1.807, 2.05) is 47.0 Å². The second kappa shape index (κ2) is 7.42. The number of nitrogens with one attached hydrogen (secondary N) is 1. The van der Waals surface area contributed by atoms with Gasteiger partial charge in [-0.3, -0.25) is 4.79 Å². The summed E-state index contributed by atoms with van der Waals surface area (Å²) in [7, 11) is 3.26. The molecule has 1 aliphatic rings. The van der Waals surface area contributed by atoms with Gasteiger partial charge in [0.25, 0.3) is 5.91 Å². The van der Waals surface area contributed by atoms with Crippen molar-refractivity contribution in [2.75, 3.05) is 25.5 Å². The standard InChI is InChI=1S/C19H23N3O3/c1-21-10-4-7-17(21)18(23)22-11-8-15(9-12-22)20-16-6-3-5-14(13-16)19(24)25-2/h3-7,10,13,15,20H,8-9,11-12H2,1-2H3. The summed E-state index contributed by atoms with van der Waals surface area (Å²) in [5, 5.41) is 3.45. The molecule has 6 heteroatoms. The molecule has 0 spiro atoms. The number of esters is 1. The Hall–Kier alpha value is -2.76. The van der Waals surface area contributed by atoms with Crippen LogP contribution < -0.4 is 5.32 Å². The van der Waals surface area contributed by atoms with Crippen LogP contribution in [0.2, 0.25) is 0 Å². The smallest absolute Gasteiger partial charge is 0.337 e. The van der Waals surface area contributed by atoms with Crippen LogP contribution in [0.5, 0.6) is 0 Å². The molecule has 132 valence electrons. The van der Waals surface area contributed by atoms with Crippen LogP contribution in [0.3, 0.4) is 0 Å². The van der Waals surface area contributed by atoms with Gasteiger partial charge in [-0.05, 0) is 43.2 Å². The maximum absolute atomic E-state index is 12.5. The van der Waals surface area contributed by atoms with Gasteiger partial charge < -0.3 is 19.5 Å². The van der Waals surface area contributed by atoms with Gasteiger partial charge >= 0.3 is 5.97 Å². The Balaban J connectivity index is 1.57. The van der Waals surface area contributed by atoms with E-state index in [4.69, 9.17) is 4.74 Å². The molecule has 2 heterocycles. The van der Waals surface area contributed by atoms with Crippen LogP contribution in [-0.2, 0) is 11.8 Å². The molecule has 0 aliphatic carbocycles. The van der Waals surface area contributed by atoms with Gasteiger partial charge in [0.05, 0.1) is 12.7 Å². The molecule has 1 N–H and O–H groups in total. The third-order valence-electron chi connectivity index (χ3n) is 4.60. The Morgan fingerprint density at radius 3 is 2.56 bits per heavy atom. The van der Waals surface area contributed by atoms with Gasteiger partial charge in [-0.25, -0.2) is 4.79 Å². The maximum atomic E-state index is 12.5. The third kappa shape index (κ3) is 3.84. The summed E-state index contributed by atoms with van der Waals surface area (Å²) in [6, 6.07) is 11.3. The zero-order chi connectivity index (χ0) is 17.8. The van der Waals surface area contributed by atoms with Crippen LogP contribution in [0.15, 0.2) is 42.6 Å². The summed E-state index contributed by atoms with van der Waals surface area (Å²) in [4.78, 5) is 26.1.